The van der Waals surface area contributed by atoms with Crippen molar-refractivity contribution in [1.82, 2.24) is 9.55 Å². The van der Waals surface area contributed by atoms with Crippen LogP contribution in [0.4, 0.5) is 4.39 Å². The zero-order valence-electron chi connectivity index (χ0n) is 10.1. The monoisotopic (exact) mass is 279 g/mol. The molecule has 2 heterocycles. The first-order valence-electron chi connectivity index (χ1n) is 6.00. The number of rotatable bonds is 3. The number of nitriles is 1. The molecule has 19 heavy (non-hydrogen) atoms. The quantitative estimate of drug-likeness (QED) is 0.812. The number of nitrogens with zero attached hydrogens (tertiary/aromatic N) is 3. The predicted octanol–water partition coefficient (Wildman–Crippen LogP) is 2.57. The molecule has 6 heteroatoms. The second kappa shape index (κ2) is 4.80. The Kier molecular flexibility index (Phi) is 3.13. The van der Waals surface area contributed by atoms with E-state index < -0.39 is 5.82 Å². The third-order valence-corrected chi connectivity index (χ3v) is 3.60. The molecule has 2 aromatic rings. The highest BCUT2D eigenvalue weighted by Crippen LogP contribution is 2.25. The van der Waals surface area contributed by atoms with E-state index in [0.717, 1.165) is 13.0 Å². The van der Waals surface area contributed by atoms with E-state index in [1.807, 2.05) is 10.6 Å². The van der Waals surface area contributed by atoms with E-state index in [2.05, 4.69) is 4.98 Å². The van der Waals surface area contributed by atoms with Gasteiger partial charge < -0.3 is 9.30 Å². The second-order valence-corrected chi connectivity index (χ2v) is 4.73. The maximum absolute atomic E-state index is 14.1. The Labute approximate surface area is 114 Å². The average molecular weight is 280 g/mol. The van der Waals surface area contributed by atoms with Gasteiger partial charge in [-0.1, -0.05) is 0 Å². The van der Waals surface area contributed by atoms with Crippen molar-refractivity contribution in [2.45, 2.75) is 24.9 Å². The van der Waals surface area contributed by atoms with Crippen molar-refractivity contribution in [3.8, 4) is 6.07 Å². The molecule has 98 valence electrons. The van der Waals surface area contributed by atoms with Gasteiger partial charge in [-0.15, -0.1) is 11.6 Å². The lowest BCUT2D eigenvalue weighted by Crippen LogP contribution is -2.31. The van der Waals surface area contributed by atoms with Crippen LogP contribution in [0.5, 0.6) is 0 Å². The van der Waals surface area contributed by atoms with Gasteiger partial charge in [0.1, 0.15) is 17.4 Å². The van der Waals surface area contributed by atoms with Crippen LogP contribution in [-0.2, 0) is 17.2 Å². The fraction of sp³-hybridized carbons (Fsp3) is 0.385. The summed E-state index contributed by atoms with van der Waals surface area (Å²) in [5.41, 5.74) is 0.856. The standard InChI is InChI=1S/C13H11ClFN3O/c14-5-11-17-13-10(2-1-8(6-16)12(13)15)18(11)7-9-3-4-19-9/h1-2,9H,3-5,7H2/t9-/m0/s1. The summed E-state index contributed by atoms with van der Waals surface area (Å²) in [7, 11) is 0. The Morgan fingerprint density at radius 1 is 1.58 bits per heavy atom. The van der Waals surface area contributed by atoms with Crippen LogP contribution >= 0.6 is 11.6 Å². The predicted molar refractivity (Wildman–Crippen MR) is 68.3 cm³/mol. The minimum atomic E-state index is -0.584. The van der Waals surface area contributed by atoms with Gasteiger partial charge in [0.25, 0.3) is 0 Å². The van der Waals surface area contributed by atoms with Crippen molar-refractivity contribution < 1.29 is 9.13 Å². The average Bonchev–Trinajstić information content (AvgIpc) is 2.73. The first-order valence-corrected chi connectivity index (χ1v) is 6.53. The van der Waals surface area contributed by atoms with E-state index in [4.69, 9.17) is 21.6 Å². The number of hydrogen-bond acceptors (Lipinski definition) is 3. The molecular weight excluding hydrogens is 269 g/mol. The minimum absolute atomic E-state index is 0.00170. The van der Waals surface area contributed by atoms with Gasteiger partial charge in [0, 0.05) is 6.61 Å². The van der Waals surface area contributed by atoms with Crippen molar-refractivity contribution in [2.24, 2.45) is 0 Å². The molecule has 0 bridgehead atoms. The summed E-state index contributed by atoms with van der Waals surface area (Å²) >= 11 is 5.86. The molecule has 1 fully saturated rings. The summed E-state index contributed by atoms with van der Waals surface area (Å²) < 4.78 is 21.3. The summed E-state index contributed by atoms with van der Waals surface area (Å²) in [5.74, 6) is 0.212. The maximum Gasteiger partial charge on any atom is 0.168 e. The molecule has 0 spiro atoms. The molecular formula is C13H11ClFN3O. The molecule has 0 saturated carbocycles. The molecule has 0 N–H and O–H groups in total. The van der Waals surface area contributed by atoms with Gasteiger partial charge in [0.2, 0.25) is 0 Å². The zero-order valence-corrected chi connectivity index (χ0v) is 10.8. The Bertz CT molecular complexity index is 673. The van der Waals surface area contributed by atoms with Crippen LogP contribution in [0.3, 0.4) is 0 Å². The van der Waals surface area contributed by atoms with E-state index in [1.165, 1.54) is 6.07 Å². The lowest BCUT2D eigenvalue weighted by molar-refractivity contribution is -0.0589. The van der Waals surface area contributed by atoms with Crippen LogP contribution in [0.25, 0.3) is 11.0 Å². The fourth-order valence-corrected chi connectivity index (χ4v) is 2.44. The molecule has 0 unspecified atom stereocenters. The van der Waals surface area contributed by atoms with Crippen LogP contribution in [0.15, 0.2) is 12.1 Å². The van der Waals surface area contributed by atoms with E-state index in [1.54, 1.807) is 6.07 Å². The first kappa shape index (κ1) is 12.4. The molecule has 1 aliphatic rings. The molecule has 0 aliphatic carbocycles. The first-order chi connectivity index (χ1) is 9.24. The van der Waals surface area contributed by atoms with Gasteiger partial charge >= 0.3 is 0 Å². The maximum atomic E-state index is 14.1. The van der Waals surface area contributed by atoms with E-state index >= 15 is 0 Å². The van der Waals surface area contributed by atoms with Gasteiger partial charge in [-0.25, -0.2) is 9.37 Å². The number of benzene rings is 1. The molecule has 0 radical (unpaired) electrons. The van der Waals surface area contributed by atoms with Gasteiger partial charge in [-0.3, -0.25) is 0 Å². The van der Waals surface area contributed by atoms with Crippen molar-refractivity contribution in [2.75, 3.05) is 6.61 Å². The molecule has 0 amide bonds. The third kappa shape index (κ3) is 1.97. The number of aromatic nitrogens is 2. The summed E-state index contributed by atoms with van der Waals surface area (Å²) in [5, 5.41) is 8.83. The molecule has 3 rings (SSSR count). The highest BCUT2D eigenvalue weighted by Gasteiger charge is 2.23. The molecule has 1 saturated heterocycles. The van der Waals surface area contributed by atoms with Crippen molar-refractivity contribution >= 4 is 22.6 Å². The largest absolute Gasteiger partial charge is 0.376 e. The van der Waals surface area contributed by atoms with Gasteiger partial charge in [0.15, 0.2) is 5.82 Å². The summed E-state index contributed by atoms with van der Waals surface area (Å²) in [6.45, 7) is 1.38. The third-order valence-electron chi connectivity index (χ3n) is 3.36. The number of ether oxygens (including phenoxy) is 1. The summed E-state index contributed by atoms with van der Waals surface area (Å²) in [6.07, 6.45) is 1.12. The van der Waals surface area contributed by atoms with E-state index in [0.29, 0.717) is 17.9 Å². The van der Waals surface area contributed by atoms with Gasteiger partial charge in [-0.2, -0.15) is 5.26 Å². The smallest absolute Gasteiger partial charge is 0.168 e. The van der Waals surface area contributed by atoms with Crippen LogP contribution < -0.4 is 0 Å². The van der Waals surface area contributed by atoms with E-state index in [9.17, 15) is 4.39 Å². The second-order valence-electron chi connectivity index (χ2n) is 4.46. The van der Waals surface area contributed by atoms with Crippen LogP contribution in [0, 0.1) is 17.1 Å². The molecule has 1 aliphatic heterocycles. The number of fused-ring (bicyclic) bond motifs is 1. The Balaban J connectivity index is 2.13. The molecule has 1 aromatic carbocycles. The molecule has 1 aromatic heterocycles. The van der Waals surface area contributed by atoms with Gasteiger partial charge in [0.05, 0.1) is 29.6 Å². The fourth-order valence-electron chi connectivity index (χ4n) is 2.23. The van der Waals surface area contributed by atoms with Crippen molar-refractivity contribution in [1.29, 1.82) is 5.26 Å². The number of imidazole rings is 1. The van der Waals surface area contributed by atoms with Crippen molar-refractivity contribution in [3.63, 3.8) is 0 Å². The Hall–Kier alpha value is -1.64. The number of alkyl halides is 1. The van der Waals surface area contributed by atoms with Crippen LogP contribution in [0.1, 0.15) is 17.8 Å². The minimum Gasteiger partial charge on any atom is -0.376 e. The van der Waals surface area contributed by atoms with E-state index in [-0.39, 0.29) is 23.1 Å². The lowest BCUT2D eigenvalue weighted by atomic mass is 10.1. The number of hydrogen-bond donors (Lipinski definition) is 0. The SMILES string of the molecule is N#Cc1ccc2c(nc(CCl)n2C[C@@H]2CCO2)c1F. The lowest BCUT2D eigenvalue weighted by Gasteiger charge is -2.27. The van der Waals surface area contributed by atoms with Gasteiger partial charge in [-0.05, 0) is 18.6 Å². The topological polar surface area (TPSA) is 50.8 Å². The summed E-state index contributed by atoms with van der Waals surface area (Å²) in [6, 6.07) is 4.99. The summed E-state index contributed by atoms with van der Waals surface area (Å²) in [4.78, 5) is 4.20. The zero-order chi connectivity index (χ0) is 13.4. The number of halogens is 2. The normalized spacial score (nSPS) is 18.3. The Morgan fingerprint density at radius 2 is 2.37 bits per heavy atom. The van der Waals surface area contributed by atoms with Crippen LogP contribution in [-0.4, -0.2) is 22.3 Å². The molecule has 1 atom stereocenters. The Morgan fingerprint density at radius 3 is 2.95 bits per heavy atom. The van der Waals surface area contributed by atoms with Crippen molar-refractivity contribution in [3.05, 3.63) is 29.3 Å². The van der Waals surface area contributed by atoms with Crippen LogP contribution in [0.2, 0.25) is 0 Å². The molecule has 4 nitrogen and oxygen atoms in total. The highest BCUT2D eigenvalue weighted by atomic mass is 35.5. The highest BCUT2D eigenvalue weighted by molar-refractivity contribution is 6.16.